The third-order valence-corrected chi connectivity index (χ3v) is 5.16. The molecule has 1 aliphatic rings. The van der Waals surface area contributed by atoms with Gasteiger partial charge in [-0.2, -0.15) is 0 Å². The van der Waals surface area contributed by atoms with Gasteiger partial charge in [-0.1, -0.05) is 6.07 Å². The molecule has 1 fully saturated rings. The van der Waals surface area contributed by atoms with Gasteiger partial charge in [0, 0.05) is 43.3 Å². The Morgan fingerprint density at radius 1 is 1.04 bits per heavy atom. The fourth-order valence-electron chi connectivity index (χ4n) is 3.76. The highest BCUT2D eigenvalue weighted by Crippen LogP contribution is 2.25. The Balaban J connectivity index is 1.45. The second-order valence-corrected chi connectivity index (χ2v) is 6.87. The van der Waals surface area contributed by atoms with Crippen molar-refractivity contribution in [3.63, 3.8) is 0 Å². The van der Waals surface area contributed by atoms with E-state index in [1.165, 1.54) is 5.56 Å². The lowest BCUT2D eigenvalue weighted by Crippen LogP contribution is -2.32. The quantitative estimate of drug-likeness (QED) is 0.728. The predicted octanol–water partition coefficient (Wildman–Crippen LogP) is 3.51. The monoisotopic (exact) mass is 346 g/mol. The van der Waals surface area contributed by atoms with Crippen molar-refractivity contribution in [3.05, 3.63) is 66.4 Å². The van der Waals surface area contributed by atoms with Crippen LogP contribution in [0.1, 0.15) is 35.3 Å². The molecule has 26 heavy (non-hydrogen) atoms. The van der Waals surface area contributed by atoms with Gasteiger partial charge in [0.1, 0.15) is 5.69 Å². The molecule has 0 saturated carbocycles. The Hall–Kier alpha value is -2.82. The van der Waals surface area contributed by atoms with Crippen LogP contribution in [-0.2, 0) is 6.42 Å². The van der Waals surface area contributed by atoms with Gasteiger partial charge in [-0.05, 0) is 61.4 Å². The molecule has 1 unspecified atom stereocenters. The summed E-state index contributed by atoms with van der Waals surface area (Å²) in [7, 11) is 0. The molecular weight excluding hydrogens is 324 g/mol. The smallest absolute Gasteiger partial charge is 0.272 e. The van der Waals surface area contributed by atoms with Crippen LogP contribution in [0.4, 0.5) is 0 Å². The van der Waals surface area contributed by atoms with E-state index in [9.17, 15) is 4.79 Å². The number of hydrogen-bond acceptors (Lipinski definition) is 4. The Bertz CT molecular complexity index is 891. The first-order valence-electron chi connectivity index (χ1n) is 9.19. The van der Waals surface area contributed by atoms with E-state index < -0.39 is 0 Å². The molecule has 5 nitrogen and oxygen atoms in total. The zero-order valence-corrected chi connectivity index (χ0v) is 14.7. The van der Waals surface area contributed by atoms with Crippen molar-refractivity contribution in [2.75, 3.05) is 13.1 Å². The topological polar surface area (TPSA) is 59.0 Å². The van der Waals surface area contributed by atoms with Crippen LogP contribution in [0.2, 0.25) is 0 Å². The van der Waals surface area contributed by atoms with E-state index in [1.54, 1.807) is 18.5 Å². The number of rotatable bonds is 3. The van der Waals surface area contributed by atoms with Crippen molar-refractivity contribution < 1.29 is 4.79 Å². The Morgan fingerprint density at radius 3 is 2.88 bits per heavy atom. The molecule has 1 amide bonds. The number of likely N-dealkylation sites (tertiary alicyclic amines) is 1. The molecule has 5 heteroatoms. The maximum atomic E-state index is 12.6. The lowest BCUT2D eigenvalue weighted by Gasteiger charge is -2.20. The average molecular weight is 346 g/mol. The van der Waals surface area contributed by atoms with Crippen LogP contribution in [0.25, 0.3) is 10.9 Å². The average Bonchev–Trinajstić information content (AvgIpc) is 2.94. The Kier molecular flexibility index (Phi) is 4.86. The van der Waals surface area contributed by atoms with Gasteiger partial charge in [0.25, 0.3) is 5.91 Å². The maximum absolute atomic E-state index is 12.6. The van der Waals surface area contributed by atoms with Crippen molar-refractivity contribution >= 4 is 16.8 Å². The maximum Gasteiger partial charge on any atom is 0.272 e. The Labute approximate surface area is 153 Å². The summed E-state index contributed by atoms with van der Waals surface area (Å²) in [6, 6.07) is 9.55. The number of carbonyl (C=O) groups excluding carboxylic acids is 1. The number of hydrogen-bond donors (Lipinski definition) is 0. The van der Waals surface area contributed by atoms with E-state index in [0.29, 0.717) is 11.6 Å². The van der Waals surface area contributed by atoms with Gasteiger partial charge in [-0.15, -0.1) is 0 Å². The lowest BCUT2D eigenvalue weighted by atomic mass is 9.92. The molecular formula is C21H22N4O. The Morgan fingerprint density at radius 2 is 2.00 bits per heavy atom. The molecule has 1 saturated heterocycles. The first kappa shape index (κ1) is 16.6. The normalized spacial score (nSPS) is 17.8. The molecule has 1 atom stereocenters. The predicted molar refractivity (Wildman–Crippen MR) is 101 cm³/mol. The summed E-state index contributed by atoms with van der Waals surface area (Å²) in [4.78, 5) is 27.5. The number of amides is 1. The second-order valence-electron chi connectivity index (χ2n) is 6.87. The highest BCUT2D eigenvalue weighted by atomic mass is 16.2. The molecule has 0 bridgehead atoms. The van der Waals surface area contributed by atoms with Crippen LogP contribution >= 0.6 is 0 Å². The molecule has 0 aromatic carbocycles. The highest BCUT2D eigenvalue weighted by Gasteiger charge is 2.22. The SMILES string of the molecule is O=C(c1ccccn1)N1CCCC(Cc2ccnc3ccncc23)CC1. The lowest BCUT2D eigenvalue weighted by molar-refractivity contribution is 0.0754. The van der Waals surface area contributed by atoms with E-state index in [2.05, 4.69) is 21.0 Å². The van der Waals surface area contributed by atoms with Crippen LogP contribution in [-0.4, -0.2) is 38.8 Å². The number of pyridine rings is 3. The molecule has 1 aliphatic heterocycles. The summed E-state index contributed by atoms with van der Waals surface area (Å²) >= 11 is 0. The largest absolute Gasteiger partial charge is 0.337 e. The third kappa shape index (κ3) is 3.57. The third-order valence-electron chi connectivity index (χ3n) is 5.16. The summed E-state index contributed by atoms with van der Waals surface area (Å²) in [5.74, 6) is 0.618. The summed E-state index contributed by atoms with van der Waals surface area (Å²) < 4.78 is 0. The first-order valence-corrected chi connectivity index (χ1v) is 9.19. The summed E-state index contributed by atoms with van der Waals surface area (Å²) in [5, 5.41) is 1.14. The van der Waals surface area contributed by atoms with Crippen molar-refractivity contribution in [2.24, 2.45) is 5.92 Å². The van der Waals surface area contributed by atoms with Crippen molar-refractivity contribution in [1.82, 2.24) is 19.9 Å². The van der Waals surface area contributed by atoms with E-state index in [0.717, 1.165) is 49.7 Å². The van der Waals surface area contributed by atoms with Gasteiger partial charge in [-0.3, -0.25) is 19.7 Å². The van der Waals surface area contributed by atoms with Gasteiger partial charge in [0.2, 0.25) is 0 Å². The standard InChI is InChI=1S/C21H22N4O/c26-21(20-5-1-2-9-23-20)25-12-3-4-16(8-13-25)14-17-6-11-24-19-7-10-22-15-18(17)19/h1-2,5-7,9-11,15-16H,3-4,8,12-14H2. The number of aromatic nitrogens is 3. The van der Waals surface area contributed by atoms with Gasteiger partial charge in [0.05, 0.1) is 5.52 Å². The van der Waals surface area contributed by atoms with Crippen LogP contribution in [0.5, 0.6) is 0 Å². The molecule has 0 N–H and O–H groups in total. The van der Waals surface area contributed by atoms with E-state index >= 15 is 0 Å². The minimum atomic E-state index is 0.0461. The fourth-order valence-corrected chi connectivity index (χ4v) is 3.76. The molecule has 132 valence electrons. The van der Waals surface area contributed by atoms with Crippen LogP contribution in [0.15, 0.2) is 55.1 Å². The molecule has 4 rings (SSSR count). The number of nitrogens with zero attached hydrogens (tertiary/aromatic N) is 4. The zero-order chi connectivity index (χ0) is 17.8. The van der Waals surface area contributed by atoms with Crippen LogP contribution < -0.4 is 0 Å². The zero-order valence-electron chi connectivity index (χ0n) is 14.7. The summed E-state index contributed by atoms with van der Waals surface area (Å²) in [6.07, 6.45) is 11.4. The van der Waals surface area contributed by atoms with E-state index in [-0.39, 0.29) is 5.91 Å². The first-order chi connectivity index (χ1) is 12.8. The van der Waals surface area contributed by atoms with Crippen LogP contribution in [0.3, 0.4) is 0 Å². The molecule has 3 aromatic rings. The minimum Gasteiger partial charge on any atom is -0.337 e. The molecule has 0 aliphatic carbocycles. The van der Waals surface area contributed by atoms with Gasteiger partial charge < -0.3 is 4.90 Å². The summed E-state index contributed by atoms with van der Waals surface area (Å²) in [6.45, 7) is 1.60. The van der Waals surface area contributed by atoms with Crippen molar-refractivity contribution in [2.45, 2.75) is 25.7 Å². The number of carbonyl (C=O) groups is 1. The van der Waals surface area contributed by atoms with E-state index in [4.69, 9.17) is 0 Å². The highest BCUT2D eigenvalue weighted by molar-refractivity contribution is 5.92. The van der Waals surface area contributed by atoms with Gasteiger partial charge in [0.15, 0.2) is 0 Å². The van der Waals surface area contributed by atoms with Gasteiger partial charge >= 0.3 is 0 Å². The number of fused-ring (bicyclic) bond motifs is 1. The molecule has 0 radical (unpaired) electrons. The second kappa shape index (κ2) is 7.60. The van der Waals surface area contributed by atoms with Gasteiger partial charge in [-0.25, -0.2) is 0 Å². The minimum absolute atomic E-state index is 0.0461. The van der Waals surface area contributed by atoms with E-state index in [1.807, 2.05) is 35.5 Å². The fraction of sp³-hybridized carbons (Fsp3) is 0.333. The molecule has 3 aromatic heterocycles. The van der Waals surface area contributed by atoms with Crippen LogP contribution in [0, 0.1) is 5.92 Å². The van der Waals surface area contributed by atoms with Crippen molar-refractivity contribution in [3.8, 4) is 0 Å². The van der Waals surface area contributed by atoms with Crippen molar-refractivity contribution in [1.29, 1.82) is 0 Å². The summed E-state index contributed by atoms with van der Waals surface area (Å²) in [5.41, 5.74) is 2.84. The molecule has 0 spiro atoms. The molecule has 4 heterocycles.